The normalized spacial score (nSPS) is 16.2. The van der Waals surface area contributed by atoms with E-state index in [1.54, 1.807) is 4.90 Å². The maximum Gasteiger partial charge on any atom is 0.410 e. The number of ether oxygens (including phenoxy) is 2. The molecular formula is C21H30N2O5. The third-order valence-electron chi connectivity index (χ3n) is 4.63. The van der Waals surface area contributed by atoms with Crippen molar-refractivity contribution >= 4 is 18.5 Å². The second-order valence-electron chi connectivity index (χ2n) is 8.02. The number of benzene rings is 1. The zero-order valence-electron chi connectivity index (χ0n) is 16.8. The van der Waals surface area contributed by atoms with E-state index in [2.05, 4.69) is 5.32 Å². The molecule has 1 aliphatic heterocycles. The van der Waals surface area contributed by atoms with Gasteiger partial charge in [0.25, 0.3) is 0 Å². The van der Waals surface area contributed by atoms with E-state index in [9.17, 15) is 14.4 Å². The van der Waals surface area contributed by atoms with Gasteiger partial charge in [-0.2, -0.15) is 0 Å². The Balaban J connectivity index is 1.82. The molecule has 0 bridgehead atoms. The zero-order valence-corrected chi connectivity index (χ0v) is 16.8. The minimum absolute atomic E-state index is 0.105. The average molecular weight is 390 g/mol. The first-order chi connectivity index (χ1) is 13.3. The Kier molecular flexibility index (Phi) is 7.84. The lowest BCUT2D eigenvalue weighted by molar-refractivity contribution is -0.108. The second-order valence-corrected chi connectivity index (χ2v) is 8.02. The number of rotatable bonds is 6. The van der Waals surface area contributed by atoms with Gasteiger partial charge in [-0.1, -0.05) is 30.3 Å². The van der Waals surface area contributed by atoms with E-state index >= 15 is 0 Å². The van der Waals surface area contributed by atoms with E-state index in [4.69, 9.17) is 9.47 Å². The largest absolute Gasteiger partial charge is 0.445 e. The van der Waals surface area contributed by atoms with Crippen molar-refractivity contribution in [2.75, 3.05) is 13.1 Å². The molecule has 1 atom stereocenters. The maximum atomic E-state index is 12.2. The van der Waals surface area contributed by atoms with E-state index in [0.29, 0.717) is 25.9 Å². The van der Waals surface area contributed by atoms with Gasteiger partial charge in [-0.3, -0.25) is 0 Å². The Morgan fingerprint density at radius 3 is 2.43 bits per heavy atom. The highest BCUT2D eigenvalue weighted by Crippen LogP contribution is 2.24. The molecule has 28 heavy (non-hydrogen) atoms. The summed E-state index contributed by atoms with van der Waals surface area (Å²) in [6.07, 6.45) is 1.55. The summed E-state index contributed by atoms with van der Waals surface area (Å²) in [5.74, 6) is 0.105. The molecule has 1 aromatic rings. The molecule has 1 N–H and O–H groups in total. The van der Waals surface area contributed by atoms with Gasteiger partial charge in [0.2, 0.25) is 0 Å². The molecular weight excluding hydrogens is 360 g/mol. The van der Waals surface area contributed by atoms with Gasteiger partial charge in [-0.25, -0.2) is 9.59 Å². The molecule has 154 valence electrons. The minimum Gasteiger partial charge on any atom is -0.445 e. The SMILES string of the molecule is CC(C)(C)OC(=O)N1CCC(C(CC=O)NC(=O)OCc2ccccc2)CC1. The number of piperidine rings is 1. The quantitative estimate of drug-likeness (QED) is 0.751. The smallest absolute Gasteiger partial charge is 0.410 e. The Bertz CT molecular complexity index is 649. The topological polar surface area (TPSA) is 84.9 Å². The van der Waals surface area contributed by atoms with E-state index in [-0.39, 0.29) is 31.1 Å². The summed E-state index contributed by atoms with van der Waals surface area (Å²) in [4.78, 5) is 37.1. The van der Waals surface area contributed by atoms with E-state index < -0.39 is 11.7 Å². The fraction of sp³-hybridized carbons (Fsp3) is 0.571. The highest BCUT2D eigenvalue weighted by molar-refractivity contribution is 5.69. The second kappa shape index (κ2) is 10.1. The molecule has 7 nitrogen and oxygen atoms in total. The summed E-state index contributed by atoms with van der Waals surface area (Å²) in [7, 11) is 0. The third kappa shape index (κ3) is 7.21. The molecule has 0 aliphatic carbocycles. The molecule has 1 unspecified atom stereocenters. The summed E-state index contributed by atoms with van der Waals surface area (Å²) >= 11 is 0. The van der Waals surface area contributed by atoms with Crippen LogP contribution in [0.25, 0.3) is 0 Å². The fourth-order valence-electron chi connectivity index (χ4n) is 3.20. The van der Waals surface area contributed by atoms with Crippen molar-refractivity contribution in [3.05, 3.63) is 35.9 Å². The fourth-order valence-corrected chi connectivity index (χ4v) is 3.20. The number of amides is 2. The monoisotopic (exact) mass is 390 g/mol. The molecule has 1 aromatic carbocycles. The lowest BCUT2D eigenvalue weighted by Crippen LogP contribution is -2.48. The first-order valence-electron chi connectivity index (χ1n) is 9.67. The van der Waals surface area contributed by atoms with E-state index in [0.717, 1.165) is 11.8 Å². The van der Waals surface area contributed by atoms with Crippen LogP contribution in [0.2, 0.25) is 0 Å². The Hall–Kier alpha value is -2.57. The lowest BCUT2D eigenvalue weighted by atomic mass is 9.88. The number of hydrogen-bond acceptors (Lipinski definition) is 5. The average Bonchev–Trinajstić information content (AvgIpc) is 2.66. The minimum atomic E-state index is -0.537. The Morgan fingerprint density at radius 1 is 1.21 bits per heavy atom. The highest BCUT2D eigenvalue weighted by Gasteiger charge is 2.31. The Morgan fingerprint density at radius 2 is 1.86 bits per heavy atom. The van der Waals surface area contributed by atoms with Crippen molar-refractivity contribution in [2.45, 2.75) is 58.3 Å². The van der Waals surface area contributed by atoms with E-state index in [1.165, 1.54) is 0 Å². The van der Waals surface area contributed by atoms with Gasteiger partial charge < -0.3 is 24.5 Å². The van der Waals surface area contributed by atoms with Crippen molar-refractivity contribution < 1.29 is 23.9 Å². The molecule has 0 aromatic heterocycles. The molecule has 2 rings (SSSR count). The number of aldehydes is 1. The van der Waals surface area contributed by atoms with Gasteiger partial charge in [0.15, 0.2) is 0 Å². The first-order valence-corrected chi connectivity index (χ1v) is 9.67. The van der Waals surface area contributed by atoms with Crippen LogP contribution in [0.3, 0.4) is 0 Å². The van der Waals surface area contributed by atoms with Crippen molar-refractivity contribution in [3.63, 3.8) is 0 Å². The predicted molar refractivity (Wildman–Crippen MR) is 105 cm³/mol. The van der Waals surface area contributed by atoms with Crippen LogP contribution in [0.1, 0.15) is 45.6 Å². The van der Waals surface area contributed by atoms with Crippen molar-refractivity contribution in [3.8, 4) is 0 Å². The van der Waals surface area contributed by atoms with Crippen LogP contribution >= 0.6 is 0 Å². The summed E-state index contributed by atoms with van der Waals surface area (Å²) < 4.78 is 10.7. The molecule has 1 saturated heterocycles. The van der Waals surface area contributed by atoms with Crippen molar-refractivity contribution in [1.29, 1.82) is 0 Å². The molecule has 2 amide bonds. The number of alkyl carbamates (subject to hydrolysis) is 1. The summed E-state index contributed by atoms with van der Waals surface area (Å²) in [5.41, 5.74) is 0.369. The van der Waals surface area contributed by atoms with E-state index in [1.807, 2.05) is 51.1 Å². The number of nitrogens with one attached hydrogen (secondary N) is 1. The first kappa shape index (κ1) is 21.7. The van der Waals surface area contributed by atoms with Crippen LogP contribution in [0.5, 0.6) is 0 Å². The molecule has 1 aliphatic rings. The summed E-state index contributed by atoms with van der Waals surface area (Å²) in [5, 5.41) is 2.81. The zero-order chi connectivity index (χ0) is 20.6. The van der Waals surface area contributed by atoms with Gasteiger partial charge in [-0.15, -0.1) is 0 Å². The van der Waals surface area contributed by atoms with Crippen LogP contribution < -0.4 is 5.32 Å². The molecule has 0 radical (unpaired) electrons. The van der Waals surface area contributed by atoms with Crippen molar-refractivity contribution in [1.82, 2.24) is 10.2 Å². The van der Waals surface area contributed by atoms with Crippen LogP contribution in [0.15, 0.2) is 30.3 Å². The maximum absolute atomic E-state index is 12.2. The highest BCUT2D eigenvalue weighted by atomic mass is 16.6. The summed E-state index contributed by atoms with van der Waals surface area (Å²) in [6.45, 7) is 6.76. The molecule has 7 heteroatoms. The number of hydrogen-bond donors (Lipinski definition) is 1. The number of carbonyl (C=O) groups excluding carboxylic acids is 3. The third-order valence-corrected chi connectivity index (χ3v) is 4.63. The lowest BCUT2D eigenvalue weighted by Gasteiger charge is -2.36. The summed E-state index contributed by atoms with van der Waals surface area (Å²) in [6, 6.07) is 9.11. The van der Waals surface area contributed by atoms with Gasteiger partial charge in [-0.05, 0) is 45.1 Å². The van der Waals surface area contributed by atoms with Crippen LogP contribution in [-0.2, 0) is 20.9 Å². The van der Waals surface area contributed by atoms with Gasteiger partial charge in [0.1, 0.15) is 18.5 Å². The van der Waals surface area contributed by atoms with Crippen LogP contribution in [-0.4, -0.2) is 48.1 Å². The predicted octanol–water partition coefficient (Wildman–Crippen LogP) is 3.52. The number of nitrogens with zero attached hydrogens (tertiary/aromatic N) is 1. The molecule has 1 heterocycles. The van der Waals surface area contributed by atoms with Crippen LogP contribution in [0.4, 0.5) is 9.59 Å². The van der Waals surface area contributed by atoms with Crippen LogP contribution in [0, 0.1) is 5.92 Å². The molecule has 1 fully saturated rings. The van der Waals surface area contributed by atoms with Gasteiger partial charge >= 0.3 is 12.2 Å². The van der Waals surface area contributed by atoms with Crippen molar-refractivity contribution in [2.24, 2.45) is 5.92 Å². The number of carbonyl (C=O) groups is 3. The number of likely N-dealkylation sites (tertiary alicyclic amines) is 1. The standard InChI is InChI=1S/C21H30N2O5/c1-21(2,3)28-20(26)23-12-9-17(10-13-23)18(11-14-24)22-19(25)27-15-16-7-5-4-6-8-16/h4-8,14,17-18H,9-13,15H2,1-3H3,(H,22,25). The Labute approximate surface area is 166 Å². The van der Waals surface area contributed by atoms with Gasteiger partial charge in [0.05, 0.1) is 0 Å². The molecule has 0 spiro atoms. The van der Waals surface area contributed by atoms with Gasteiger partial charge in [0, 0.05) is 25.6 Å². The molecule has 0 saturated carbocycles.